The van der Waals surface area contributed by atoms with E-state index in [4.69, 9.17) is 9.47 Å². The molecular weight excluding hydrogens is 482 g/mol. The number of hydrogen-bond donors (Lipinski definition) is 1. The smallest absolute Gasteiger partial charge is 0.307 e. The van der Waals surface area contributed by atoms with Crippen molar-refractivity contribution in [2.75, 3.05) is 0 Å². The molecule has 0 fully saturated rings. The zero-order valence-electron chi connectivity index (χ0n) is 23.3. The van der Waals surface area contributed by atoms with Gasteiger partial charge in [-0.15, -0.1) is 0 Å². The Bertz CT molecular complexity index is 1190. The van der Waals surface area contributed by atoms with Crippen LogP contribution in [0.1, 0.15) is 56.4 Å². The van der Waals surface area contributed by atoms with Crippen molar-refractivity contribution in [3.63, 3.8) is 0 Å². The van der Waals surface area contributed by atoms with Crippen LogP contribution in [-0.4, -0.2) is 23.7 Å². The molecule has 0 bridgehead atoms. The molecule has 0 saturated carbocycles. The van der Waals surface area contributed by atoms with Gasteiger partial charge < -0.3 is 14.8 Å². The Labute approximate surface area is 233 Å². The standard InChI is InChI=1S/C35H39NO3/c1-27(32(25-33(37)39-34(2,3)4)36-26-28-17-9-5-10-18-28)38-35(29-19-11-6-12-20-29,30-21-13-7-14-22-30)31-23-15-8-16-24-31/h5-24,27,32,36H,25-26H2,1-4H3/t27-,32-/m0/s1. The van der Waals surface area contributed by atoms with Crippen molar-refractivity contribution < 1.29 is 14.3 Å². The average Bonchev–Trinajstić information content (AvgIpc) is 2.95. The molecule has 0 aromatic heterocycles. The van der Waals surface area contributed by atoms with Gasteiger partial charge >= 0.3 is 5.97 Å². The van der Waals surface area contributed by atoms with Gasteiger partial charge in [0.1, 0.15) is 11.2 Å². The normalized spacial score (nSPS) is 13.4. The molecule has 2 atom stereocenters. The van der Waals surface area contributed by atoms with Crippen molar-refractivity contribution in [1.82, 2.24) is 5.32 Å². The predicted octanol–water partition coefficient (Wildman–Crippen LogP) is 7.27. The van der Waals surface area contributed by atoms with E-state index in [1.165, 1.54) is 0 Å². The van der Waals surface area contributed by atoms with Crippen molar-refractivity contribution >= 4 is 5.97 Å². The first-order chi connectivity index (χ1) is 18.8. The minimum absolute atomic E-state index is 0.180. The maximum absolute atomic E-state index is 13.0. The molecule has 4 heteroatoms. The summed E-state index contributed by atoms with van der Waals surface area (Å²) in [4.78, 5) is 13.0. The Morgan fingerprint density at radius 2 is 1.10 bits per heavy atom. The van der Waals surface area contributed by atoms with Crippen LogP contribution in [0.4, 0.5) is 0 Å². The van der Waals surface area contributed by atoms with E-state index in [1.54, 1.807) is 0 Å². The molecule has 202 valence electrons. The van der Waals surface area contributed by atoms with Crippen molar-refractivity contribution in [2.24, 2.45) is 0 Å². The minimum Gasteiger partial charge on any atom is -0.460 e. The summed E-state index contributed by atoms with van der Waals surface area (Å²) in [6.07, 6.45) is -0.179. The largest absolute Gasteiger partial charge is 0.460 e. The summed E-state index contributed by atoms with van der Waals surface area (Å²) >= 11 is 0. The molecule has 4 aromatic rings. The van der Waals surface area contributed by atoms with Crippen LogP contribution >= 0.6 is 0 Å². The van der Waals surface area contributed by atoms with E-state index in [1.807, 2.05) is 100 Å². The number of ether oxygens (including phenoxy) is 2. The summed E-state index contributed by atoms with van der Waals surface area (Å²) < 4.78 is 12.9. The fraction of sp³-hybridized carbons (Fsp3) is 0.286. The van der Waals surface area contributed by atoms with Gasteiger partial charge in [-0.3, -0.25) is 4.79 Å². The Morgan fingerprint density at radius 3 is 1.51 bits per heavy atom. The number of carbonyl (C=O) groups is 1. The third-order valence-corrected chi connectivity index (χ3v) is 6.69. The fourth-order valence-corrected chi connectivity index (χ4v) is 4.90. The van der Waals surface area contributed by atoms with Crippen molar-refractivity contribution in [1.29, 1.82) is 0 Å². The first-order valence-corrected chi connectivity index (χ1v) is 13.6. The van der Waals surface area contributed by atoms with Gasteiger partial charge in [0.15, 0.2) is 0 Å². The van der Waals surface area contributed by atoms with E-state index < -0.39 is 11.2 Å². The van der Waals surface area contributed by atoms with Gasteiger partial charge in [0.25, 0.3) is 0 Å². The molecule has 0 aliphatic heterocycles. The third kappa shape index (κ3) is 7.44. The summed E-state index contributed by atoms with van der Waals surface area (Å²) in [5.74, 6) is -0.256. The van der Waals surface area contributed by atoms with Crippen LogP contribution in [0.25, 0.3) is 0 Å². The lowest BCUT2D eigenvalue weighted by atomic mass is 9.79. The Kier molecular flexibility index (Phi) is 9.34. The summed E-state index contributed by atoms with van der Waals surface area (Å²) in [5, 5.41) is 3.60. The molecular formula is C35H39NO3. The molecule has 0 amide bonds. The van der Waals surface area contributed by atoms with E-state index >= 15 is 0 Å². The van der Waals surface area contributed by atoms with Gasteiger partial charge in [0, 0.05) is 12.6 Å². The van der Waals surface area contributed by atoms with Crippen LogP contribution in [0.5, 0.6) is 0 Å². The van der Waals surface area contributed by atoms with Crippen LogP contribution in [0.3, 0.4) is 0 Å². The SMILES string of the molecule is C[C@H](OC(c1ccccc1)(c1ccccc1)c1ccccc1)[C@H](CC(=O)OC(C)(C)C)NCc1ccccc1. The summed E-state index contributed by atoms with van der Waals surface area (Å²) in [7, 11) is 0. The molecule has 4 rings (SSSR count). The predicted molar refractivity (Wildman–Crippen MR) is 157 cm³/mol. The maximum atomic E-state index is 13.0. The average molecular weight is 522 g/mol. The lowest BCUT2D eigenvalue weighted by Crippen LogP contribution is -2.47. The second-order valence-corrected chi connectivity index (χ2v) is 10.9. The third-order valence-electron chi connectivity index (χ3n) is 6.69. The van der Waals surface area contributed by atoms with Crippen molar-refractivity contribution in [2.45, 2.75) is 64.0 Å². The number of rotatable bonds is 11. The van der Waals surface area contributed by atoms with Gasteiger partial charge in [-0.25, -0.2) is 0 Å². The number of hydrogen-bond acceptors (Lipinski definition) is 4. The van der Waals surface area contributed by atoms with Gasteiger partial charge in [-0.2, -0.15) is 0 Å². The molecule has 0 aliphatic carbocycles. The number of benzene rings is 4. The molecule has 0 spiro atoms. The first kappa shape index (κ1) is 28.3. The second-order valence-electron chi connectivity index (χ2n) is 10.9. The molecule has 4 aromatic carbocycles. The van der Waals surface area contributed by atoms with Crippen LogP contribution in [-0.2, 0) is 26.4 Å². The van der Waals surface area contributed by atoms with E-state index in [0.29, 0.717) is 6.54 Å². The van der Waals surface area contributed by atoms with Gasteiger partial charge in [0.2, 0.25) is 0 Å². The quantitative estimate of drug-likeness (QED) is 0.166. The zero-order valence-corrected chi connectivity index (χ0v) is 23.3. The minimum atomic E-state index is -0.885. The van der Waals surface area contributed by atoms with Crippen LogP contribution in [0.2, 0.25) is 0 Å². The lowest BCUT2D eigenvalue weighted by Gasteiger charge is -2.40. The monoisotopic (exact) mass is 521 g/mol. The first-order valence-electron chi connectivity index (χ1n) is 13.6. The van der Waals surface area contributed by atoms with Gasteiger partial charge in [-0.05, 0) is 49.9 Å². The van der Waals surface area contributed by atoms with E-state index in [9.17, 15) is 4.79 Å². The van der Waals surface area contributed by atoms with Crippen LogP contribution in [0.15, 0.2) is 121 Å². The van der Waals surface area contributed by atoms with E-state index in [-0.39, 0.29) is 24.5 Å². The highest BCUT2D eigenvalue weighted by Gasteiger charge is 2.41. The number of nitrogens with one attached hydrogen (secondary N) is 1. The molecule has 0 radical (unpaired) electrons. The fourth-order valence-electron chi connectivity index (χ4n) is 4.90. The Balaban J connectivity index is 1.74. The maximum Gasteiger partial charge on any atom is 0.307 e. The molecule has 1 N–H and O–H groups in total. The molecule has 0 aliphatic rings. The van der Waals surface area contributed by atoms with Gasteiger partial charge in [0.05, 0.1) is 12.5 Å². The molecule has 39 heavy (non-hydrogen) atoms. The molecule has 0 heterocycles. The highest BCUT2D eigenvalue weighted by Crippen LogP contribution is 2.41. The lowest BCUT2D eigenvalue weighted by molar-refractivity contribution is -0.157. The molecule has 4 nitrogen and oxygen atoms in total. The van der Waals surface area contributed by atoms with E-state index in [2.05, 4.69) is 53.8 Å². The second kappa shape index (κ2) is 12.9. The van der Waals surface area contributed by atoms with Crippen molar-refractivity contribution in [3.05, 3.63) is 144 Å². The zero-order chi connectivity index (χ0) is 27.7. The van der Waals surface area contributed by atoms with Crippen LogP contribution in [0, 0.1) is 0 Å². The summed E-state index contributed by atoms with van der Waals surface area (Å²) in [6, 6.07) is 40.8. The highest BCUT2D eigenvalue weighted by atomic mass is 16.6. The van der Waals surface area contributed by atoms with E-state index in [0.717, 1.165) is 22.3 Å². The van der Waals surface area contributed by atoms with Crippen molar-refractivity contribution in [3.8, 4) is 0 Å². The topological polar surface area (TPSA) is 47.6 Å². The summed E-state index contributed by atoms with van der Waals surface area (Å²) in [5.41, 5.74) is 2.76. The Morgan fingerprint density at radius 1 is 0.692 bits per heavy atom. The van der Waals surface area contributed by atoms with Crippen LogP contribution < -0.4 is 5.32 Å². The Hall–Kier alpha value is -3.73. The number of esters is 1. The molecule has 0 unspecified atom stereocenters. The molecule has 0 saturated heterocycles. The van der Waals surface area contributed by atoms with Gasteiger partial charge in [-0.1, -0.05) is 121 Å². The summed E-state index contributed by atoms with van der Waals surface area (Å²) in [6.45, 7) is 8.32. The highest BCUT2D eigenvalue weighted by molar-refractivity contribution is 5.70. The number of carbonyl (C=O) groups excluding carboxylic acids is 1.